The van der Waals surface area contributed by atoms with Gasteiger partial charge in [0.05, 0.1) is 45.5 Å². The van der Waals surface area contributed by atoms with Gasteiger partial charge >= 0.3 is 0 Å². The predicted octanol–water partition coefficient (Wildman–Crippen LogP) is 7.23. The van der Waals surface area contributed by atoms with Crippen LogP contribution in [0, 0.1) is 17.1 Å². The van der Waals surface area contributed by atoms with E-state index in [0.29, 0.717) is 38.6 Å². The molecule has 2 aromatic heterocycles. The molecular weight excluding hydrogens is 498 g/mol. The Labute approximate surface area is 217 Å². The van der Waals surface area contributed by atoms with Gasteiger partial charge in [0, 0.05) is 35.5 Å². The largest absolute Gasteiger partial charge is 0.371 e. The van der Waals surface area contributed by atoms with Gasteiger partial charge in [0.15, 0.2) is 0 Å². The maximum Gasteiger partial charge on any atom is 0.141 e. The zero-order chi connectivity index (χ0) is 25.2. The van der Waals surface area contributed by atoms with Crippen molar-refractivity contribution in [1.29, 1.82) is 5.26 Å². The maximum absolute atomic E-state index is 13.7. The Balaban J connectivity index is 1.64. The lowest BCUT2D eigenvalue weighted by atomic mass is 10.0. The molecule has 0 aliphatic heterocycles. The van der Waals surface area contributed by atoms with Crippen molar-refractivity contribution in [3.05, 3.63) is 112 Å². The van der Waals surface area contributed by atoms with Gasteiger partial charge in [-0.3, -0.25) is 4.98 Å². The Morgan fingerprint density at radius 2 is 1.86 bits per heavy atom. The van der Waals surface area contributed by atoms with Crippen molar-refractivity contribution in [1.82, 2.24) is 14.5 Å². The molecule has 0 fully saturated rings. The molecule has 0 spiro atoms. The number of hydrogen-bond donors (Lipinski definition) is 2. The monoisotopic (exact) mass is 516 g/mol. The molecule has 0 bridgehead atoms. The van der Waals surface area contributed by atoms with Crippen LogP contribution in [0.3, 0.4) is 0 Å². The molecule has 0 radical (unpaired) electrons. The van der Waals surface area contributed by atoms with Crippen LogP contribution in [0.2, 0.25) is 10.0 Å². The van der Waals surface area contributed by atoms with Crippen molar-refractivity contribution in [3.8, 4) is 6.07 Å². The van der Waals surface area contributed by atoms with Crippen LogP contribution in [0.1, 0.15) is 22.9 Å². The number of fused-ring (bicyclic) bond motifs is 1. The van der Waals surface area contributed by atoms with Gasteiger partial charge in [-0.15, -0.1) is 0 Å². The van der Waals surface area contributed by atoms with Gasteiger partial charge in [0.2, 0.25) is 0 Å². The summed E-state index contributed by atoms with van der Waals surface area (Å²) in [6, 6.07) is 19.6. The molecule has 6 nitrogen and oxygen atoms in total. The summed E-state index contributed by atoms with van der Waals surface area (Å²) in [5.74, 6) is -0.529. The van der Waals surface area contributed by atoms with E-state index in [4.69, 9.17) is 23.2 Å². The molecule has 2 N–H and O–H groups in total. The van der Waals surface area contributed by atoms with Gasteiger partial charge in [0.1, 0.15) is 11.9 Å². The zero-order valence-electron chi connectivity index (χ0n) is 19.0. The molecule has 9 heteroatoms. The summed E-state index contributed by atoms with van der Waals surface area (Å²) >= 11 is 12.5. The van der Waals surface area contributed by atoms with E-state index in [1.807, 2.05) is 48.1 Å². The molecule has 0 amide bonds. The highest BCUT2D eigenvalue weighted by Gasteiger charge is 2.20. The van der Waals surface area contributed by atoms with Crippen molar-refractivity contribution in [2.75, 3.05) is 10.6 Å². The number of nitrogens with zero attached hydrogens (tertiary/aromatic N) is 4. The summed E-state index contributed by atoms with van der Waals surface area (Å²) in [6.45, 7) is 0. The second-order valence-electron chi connectivity index (χ2n) is 8.21. The number of hydrogen-bond acceptors (Lipinski definition) is 5. The summed E-state index contributed by atoms with van der Waals surface area (Å²) in [6.07, 6.45) is 5.19. The van der Waals surface area contributed by atoms with E-state index >= 15 is 0 Å². The first-order valence-corrected chi connectivity index (χ1v) is 11.7. The number of aromatic nitrogens is 3. The maximum atomic E-state index is 13.7. The van der Waals surface area contributed by atoms with E-state index in [9.17, 15) is 9.65 Å². The summed E-state index contributed by atoms with van der Waals surface area (Å²) in [5.41, 5.74) is 4.43. The summed E-state index contributed by atoms with van der Waals surface area (Å²) in [7, 11) is 1.91. The molecule has 2 heterocycles. The van der Waals surface area contributed by atoms with Gasteiger partial charge in [-0.1, -0.05) is 53.5 Å². The Bertz CT molecular complexity index is 1610. The minimum Gasteiger partial charge on any atom is -0.371 e. The lowest BCUT2D eigenvalue weighted by Crippen LogP contribution is -2.13. The average Bonchev–Trinajstić information content (AvgIpc) is 3.31. The van der Waals surface area contributed by atoms with Crippen LogP contribution in [0.25, 0.3) is 10.9 Å². The summed E-state index contributed by atoms with van der Waals surface area (Å²) in [4.78, 5) is 9.13. The minimum absolute atomic E-state index is 0.0293. The van der Waals surface area contributed by atoms with Crippen LogP contribution in [0.4, 0.5) is 21.5 Å². The third-order valence-electron chi connectivity index (χ3n) is 5.70. The number of benzene rings is 3. The first kappa shape index (κ1) is 23.6. The molecule has 5 aromatic rings. The third kappa shape index (κ3) is 4.69. The lowest BCUT2D eigenvalue weighted by Gasteiger charge is -2.21. The minimum atomic E-state index is -0.529. The highest BCUT2D eigenvalue weighted by molar-refractivity contribution is 6.32. The van der Waals surface area contributed by atoms with E-state index in [2.05, 4.69) is 26.7 Å². The number of anilines is 3. The summed E-state index contributed by atoms with van der Waals surface area (Å²) in [5, 5.41) is 17.6. The second-order valence-corrected chi connectivity index (χ2v) is 9.06. The Morgan fingerprint density at radius 3 is 2.56 bits per heavy atom. The van der Waals surface area contributed by atoms with Crippen LogP contribution in [-0.2, 0) is 7.05 Å². The molecule has 5 rings (SSSR count). The van der Waals surface area contributed by atoms with E-state index < -0.39 is 5.82 Å². The van der Waals surface area contributed by atoms with Crippen molar-refractivity contribution in [3.63, 3.8) is 0 Å². The first-order chi connectivity index (χ1) is 17.4. The summed E-state index contributed by atoms with van der Waals surface area (Å²) < 4.78 is 15.6. The number of pyridine rings is 1. The second kappa shape index (κ2) is 9.86. The van der Waals surface area contributed by atoms with E-state index in [1.54, 1.807) is 24.5 Å². The van der Waals surface area contributed by atoms with Gasteiger partial charge in [-0.25, -0.2) is 9.37 Å². The molecule has 0 aliphatic rings. The number of rotatable bonds is 6. The first-order valence-electron chi connectivity index (χ1n) is 11.0. The number of nitriles is 1. The topological polar surface area (TPSA) is 78.6 Å². The van der Waals surface area contributed by atoms with Gasteiger partial charge in [-0.05, 0) is 35.9 Å². The molecule has 36 heavy (non-hydrogen) atoms. The Kier molecular flexibility index (Phi) is 6.47. The quantitative estimate of drug-likeness (QED) is 0.249. The predicted molar refractivity (Wildman–Crippen MR) is 141 cm³/mol. The Hall–Kier alpha value is -4.12. The van der Waals surface area contributed by atoms with Gasteiger partial charge in [-0.2, -0.15) is 5.26 Å². The zero-order valence-corrected chi connectivity index (χ0v) is 20.5. The van der Waals surface area contributed by atoms with Crippen LogP contribution < -0.4 is 10.6 Å². The van der Waals surface area contributed by atoms with Gasteiger partial charge in [0.25, 0.3) is 0 Å². The molecule has 1 unspecified atom stereocenters. The Morgan fingerprint density at radius 1 is 1.06 bits per heavy atom. The van der Waals surface area contributed by atoms with Crippen molar-refractivity contribution >= 4 is 51.2 Å². The molecular formula is C27H19Cl2FN6. The standard InChI is InChI=1S/C27H19Cl2FN6/c1-36-14-24(33-15-36)26(16-5-3-2-4-6-16)35-23-10-18(28)9-20-25(17(12-31)13-32-27(20)23)34-19-7-8-22(30)21(29)11-19/h2-11,13-15,26,35H,1H3,(H,32,34). The SMILES string of the molecule is Cn1cnc(C(Nc2cc(Cl)cc3c(Nc4ccc(F)c(Cl)c4)c(C#N)cnc23)c2ccccc2)c1. The highest BCUT2D eigenvalue weighted by Crippen LogP contribution is 2.37. The fraction of sp³-hybridized carbons (Fsp3) is 0.0741. The molecule has 0 saturated carbocycles. The molecule has 0 aliphatic carbocycles. The number of imidazole rings is 1. The molecule has 0 saturated heterocycles. The van der Waals surface area contributed by atoms with E-state index in [0.717, 1.165) is 11.3 Å². The lowest BCUT2D eigenvalue weighted by molar-refractivity contribution is 0.628. The number of halogens is 3. The third-order valence-corrected chi connectivity index (χ3v) is 6.21. The number of aryl methyl sites for hydroxylation is 1. The van der Waals surface area contributed by atoms with Crippen molar-refractivity contribution in [2.45, 2.75) is 6.04 Å². The van der Waals surface area contributed by atoms with Crippen LogP contribution >= 0.6 is 23.2 Å². The fourth-order valence-electron chi connectivity index (χ4n) is 4.03. The average molecular weight is 517 g/mol. The van der Waals surface area contributed by atoms with Crippen LogP contribution in [0.15, 0.2) is 79.4 Å². The van der Waals surface area contributed by atoms with Crippen LogP contribution in [0.5, 0.6) is 0 Å². The fourth-order valence-corrected chi connectivity index (χ4v) is 4.43. The van der Waals surface area contributed by atoms with Crippen molar-refractivity contribution < 1.29 is 4.39 Å². The van der Waals surface area contributed by atoms with Crippen molar-refractivity contribution in [2.24, 2.45) is 7.05 Å². The normalized spacial score (nSPS) is 11.8. The van der Waals surface area contributed by atoms with Crippen LogP contribution in [-0.4, -0.2) is 14.5 Å². The van der Waals surface area contributed by atoms with E-state index in [-0.39, 0.29) is 11.1 Å². The van der Waals surface area contributed by atoms with E-state index in [1.165, 1.54) is 18.3 Å². The number of nitrogens with one attached hydrogen (secondary N) is 2. The molecule has 1 atom stereocenters. The smallest absolute Gasteiger partial charge is 0.141 e. The molecule has 178 valence electrons. The highest BCUT2D eigenvalue weighted by atomic mass is 35.5. The molecule has 3 aromatic carbocycles. The van der Waals surface area contributed by atoms with Gasteiger partial charge < -0.3 is 15.2 Å².